The molecular weight excluding hydrogens is 434 g/mol. The maximum absolute atomic E-state index is 4.54. The molecule has 1 heterocycles. The van der Waals surface area contributed by atoms with E-state index in [0.29, 0.717) is 0 Å². The summed E-state index contributed by atoms with van der Waals surface area (Å²) in [7, 11) is 0. The maximum atomic E-state index is 4.54. The van der Waals surface area contributed by atoms with Gasteiger partial charge in [0.15, 0.2) is 0 Å². The van der Waals surface area contributed by atoms with E-state index in [4.69, 9.17) is 0 Å². The number of hydrogen-bond acceptors (Lipinski definition) is 4. The van der Waals surface area contributed by atoms with Gasteiger partial charge in [0.2, 0.25) is 0 Å². The fourth-order valence-electron chi connectivity index (χ4n) is 4.14. The van der Waals surface area contributed by atoms with Gasteiger partial charge in [0.05, 0.1) is 5.71 Å². The van der Waals surface area contributed by atoms with Gasteiger partial charge in [-0.3, -0.25) is 4.99 Å². The molecule has 3 aromatic rings. The average molecular weight is 468 g/mol. The minimum Gasteiger partial charge on any atom is -0.369 e. The third-order valence-corrected chi connectivity index (χ3v) is 7.11. The van der Waals surface area contributed by atoms with Crippen LogP contribution in [0.4, 0.5) is 0 Å². The lowest BCUT2D eigenvalue weighted by molar-refractivity contribution is 0.270. The summed E-state index contributed by atoms with van der Waals surface area (Å²) in [6.45, 7) is 14.5. The van der Waals surface area contributed by atoms with Crippen LogP contribution in [0.25, 0.3) is 16.5 Å². The summed E-state index contributed by atoms with van der Waals surface area (Å²) < 4.78 is 2.46. The summed E-state index contributed by atoms with van der Waals surface area (Å²) in [6.07, 6.45) is 7.83. The number of nitrogens with zero attached hydrogens (tertiary/aromatic N) is 3. The van der Waals surface area contributed by atoms with Crippen molar-refractivity contribution in [3.05, 3.63) is 108 Å². The molecule has 0 aromatic heterocycles. The maximum Gasteiger partial charge on any atom is 0.0698 e. The number of aliphatic imine (C=N–C) groups is 1. The molecule has 0 bridgehead atoms. The van der Waals surface area contributed by atoms with E-state index in [2.05, 4.69) is 88.4 Å². The third-order valence-electron chi connectivity index (χ3n) is 6.02. The lowest BCUT2D eigenvalue weighted by Gasteiger charge is -2.36. The normalized spacial score (nSPS) is 15.6. The quantitative estimate of drug-likeness (QED) is 0.267. The second-order valence-electron chi connectivity index (χ2n) is 8.54. The average Bonchev–Trinajstić information content (AvgIpc) is 2.87. The summed E-state index contributed by atoms with van der Waals surface area (Å²) in [6, 6.07) is 22.0. The number of piperazine rings is 1. The van der Waals surface area contributed by atoms with E-state index < -0.39 is 0 Å². The highest BCUT2D eigenvalue weighted by atomic mass is 32.2. The van der Waals surface area contributed by atoms with E-state index in [1.54, 1.807) is 0 Å². The Morgan fingerprint density at radius 3 is 2.24 bits per heavy atom. The SMILES string of the molecule is C=C(c1ccc(C(/C=C\C)=N/C=C\C)cc1)N1CCN(Sc2ccc3cc(C)ccc3c2)CC1. The number of fused-ring (bicyclic) bond motifs is 1. The van der Waals surface area contributed by atoms with E-state index in [9.17, 15) is 0 Å². The third kappa shape index (κ3) is 5.88. The van der Waals surface area contributed by atoms with Crippen molar-refractivity contribution in [1.82, 2.24) is 9.21 Å². The molecule has 0 atom stereocenters. The zero-order valence-corrected chi connectivity index (χ0v) is 21.2. The lowest BCUT2D eigenvalue weighted by Crippen LogP contribution is -2.42. The van der Waals surface area contributed by atoms with Crippen molar-refractivity contribution in [2.24, 2.45) is 4.99 Å². The van der Waals surface area contributed by atoms with Gasteiger partial charge in [-0.2, -0.15) is 0 Å². The monoisotopic (exact) mass is 467 g/mol. The fourth-order valence-corrected chi connectivity index (χ4v) is 5.09. The molecule has 3 nitrogen and oxygen atoms in total. The van der Waals surface area contributed by atoms with Gasteiger partial charge in [-0.05, 0) is 67.3 Å². The van der Waals surface area contributed by atoms with Gasteiger partial charge in [0.25, 0.3) is 0 Å². The highest BCUT2D eigenvalue weighted by molar-refractivity contribution is 7.97. The smallest absolute Gasteiger partial charge is 0.0698 e. The molecule has 0 aliphatic carbocycles. The zero-order valence-electron chi connectivity index (χ0n) is 20.4. The Hall–Kier alpha value is -3.08. The molecule has 0 radical (unpaired) electrons. The Morgan fingerprint density at radius 2 is 1.53 bits per heavy atom. The van der Waals surface area contributed by atoms with Gasteiger partial charge in [-0.15, -0.1) is 0 Å². The Morgan fingerprint density at radius 1 is 0.853 bits per heavy atom. The van der Waals surface area contributed by atoms with Crippen molar-refractivity contribution in [3.8, 4) is 0 Å². The van der Waals surface area contributed by atoms with Gasteiger partial charge in [0.1, 0.15) is 0 Å². The highest BCUT2D eigenvalue weighted by Gasteiger charge is 2.19. The van der Waals surface area contributed by atoms with Gasteiger partial charge in [-0.1, -0.05) is 72.8 Å². The first-order valence-electron chi connectivity index (χ1n) is 11.9. The molecule has 1 aliphatic rings. The van der Waals surface area contributed by atoms with Crippen LogP contribution in [0, 0.1) is 6.92 Å². The summed E-state index contributed by atoms with van der Waals surface area (Å²) >= 11 is 1.86. The predicted octanol–water partition coefficient (Wildman–Crippen LogP) is 7.34. The highest BCUT2D eigenvalue weighted by Crippen LogP contribution is 2.29. The molecule has 4 rings (SSSR count). The number of allylic oxidation sites excluding steroid dienone is 3. The molecule has 0 spiro atoms. The Bertz CT molecular complexity index is 1230. The molecule has 34 heavy (non-hydrogen) atoms. The Labute approximate surface area is 208 Å². The summed E-state index contributed by atoms with van der Waals surface area (Å²) in [5.41, 5.74) is 5.64. The van der Waals surface area contributed by atoms with Crippen molar-refractivity contribution in [3.63, 3.8) is 0 Å². The molecular formula is C30H33N3S. The molecule has 0 amide bonds. The summed E-state index contributed by atoms with van der Waals surface area (Å²) in [4.78, 5) is 8.24. The molecule has 1 saturated heterocycles. The second-order valence-corrected chi connectivity index (χ2v) is 9.71. The van der Waals surface area contributed by atoms with Crippen LogP contribution in [0.2, 0.25) is 0 Å². The van der Waals surface area contributed by atoms with E-state index >= 15 is 0 Å². The van der Waals surface area contributed by atoms with E-state index in [1.807, 2.05) is 50.2 Å². The van der Waals surface area contributed by atoms with Crippen molar-refractivity contribution in [2.75, 3.05) is 26.2 Å². The van der Waals surface area contributed by atoms with Crippen molar-refractivity contribution in [2.45, 2.75) is 25.7 Å². The van der Waals surface area contributed by atoms with Crippen LogP contribution < -0.4 is 0 Å². The Kier molecular flexibility index (Phi) is 8.04. The van der Waals surface area contributed by atoms with Gasteiger partial charge in [-0.25, -0.2) is 4.31 Å². The van der Waals surface area contributed by atoms with Crippen molar-refractivity contribution in [1.29, 1.82) is 0 Å². The summed E-state index contributed by atoms with van der Waals surface area (Å²) in [5, 5.41) is 2.61. The minimum atomic E-state index is 0.965. The first-order chi connectivity index (χ1) is 16.6. The standard InChI is InChI=1S/C30H33N3S/c1-5-7-30(31-16-6-2)26-12-10-25(11-13-26)24(4)32-17-19-33(20-18-32)34-29-15-14-27-21-23(3)8-9-28(27)22-29/h5-16,21-22H,4,17-20H2,1-3H3/b7-5-,16-6-,31-30+. The number of hydrogen-bond donors (Lipinski definition) is 0. The molecule has 1 fully saturated rings. The molecule has 0 unspecified atom stereocenters. The number of rotatable bonds is 7. The van der Waals surface area contributed by atoms with Crippen LogP contribution in [0.15, 0.2) is 102 Å². The van der Waals surface area contributed by atoms with Gasteiger partial charge in [0, 0.05) is 48.5 Å². The van der Waals surface area contributed by atoms with Crippen LogP contribution in [0.1, 0.15) is 30.5 Å². The van der Waals surface area contributed by atoms with Crippen LogP contribution in [0.5, 0.6) is 0 Å². The van der Waals surface area contributed by atoms with Gasteiger partial charge < -0.3 is 4.90 Å². The number of aryl methyl sites for hydroxylation is 1. The molecule has 0 saturated carbocycles. The second kappa shape index (κ2) is 11.4. The van der Waals surface area contributed by atoms with Crippen molar-refractivity contribution >= 4 is 34.1 Å². The first kappa shape index (κ1) is 24.1. The topological polar surface area (TPSA) is 18.8 Å². The molecule has 174 valence electrons. The first-order valence-corrected chi connectivity index (χ1v) is 12.6. The molecule has 1 aliphatic heterocycles. The summed E-state index contributed by atoms with van der Waals surface area (Å²) in [5.74, 6) is 0. The largest absolute Gasteiger partial charge is 0.369 e. The van der Waals surface area contributed by atoms with Crippen LogP contribution in [0.3, 0.4) is 0 Å². The van der Waals surface area contributed by atoms with Crippen molar-refractivity contribution < 1.29 is 0 Å². The van der Waals surface area contributed by atoms with E-state index in [-0.39, 0.29) is 0 Å². The number of benzene rings is 3. The minimum absolute atomic E-state index is 0.965. The Balaban J connectivity index is 1.35. The molecule has 3 aromatic carbocycles. The van der Waals surface area contributed by atoms with Crippen LogP contribution >= 0.6 is 11.9 Å². The molecule has 0 N–H and O–H groups in total. The zero-order chi connectivity index (χ0) is 23.9. The van der Waals surface area contributed by atoms with Gasteiger partial charge >= 0.3 is 0 Å². The fraction of sp³-hybridized carbons (Fsp3) is 0.233. The van der Waals surface area contributed by atoms with Crippen LogP contribution in [-0.4, -0.2) is 41.1 Å². The predicted molar refractivity (Wildman–Crippen MR) is 149 cm³/mol. The lowest BCUT2D eigenvalue weighted by atomic mass is 10.0. The van der Waals surface area contributed by atoms with Crippen LogP contribution in [-0.2, 0) is 0 Å². The molecule has 4 heteroatoms. The van der Waals surface area contributed by atoms with E-state index in [0.717, 1.165) is 43.2 Å². The van der Waals surface area contributed by atoms with E-state index in [1.165, 1.54) is 26.8 Å².